The lowest BCUT2D eigenvalue weighted by molar-refractivity contribution is 0.149. The second-order valence-electron chi connectivity index (χ2n) is 9.13. The highest BCUT2D eigenvalue weighted by atomic mass is 19.1. The first-order valence-corrected chi connectivity index (χ1v) is 12.5. The van der Waals surface area contributed by atoms with Gasteiger partial charge in [0.25, 0.3) is 5.56 Å². The van der Waals surface area contributed by atoms with E-state index >= 15 is 0 Å². The molecular formula is C28H29FN6O2. The van der Waals surface area contributed by atoms with E-state index in [4.69, 9.17) is 4.42 Å². The van der Waals surface area contributed by atoms with E-state index in [-0.39, 0.29) is 17.4 Å². The van der Waals surface area contributed by atoms with E-state index in [0.29, 0.717) is 37.4 Å². The van der Waals surface area contributed by atoms with Crippen molar-refractivity contribution in [2.75, 3.05) is 0 Å². The number of aromatic amines is 1. The number of nitrogens with one attached hydrogen (secondary N) is 1. The Bertz CT molecular complexity index is 1520. The number of aryl methyl sites for hydroxylation is 1. The third-order valence-corrected chi connectivity index (χ3v) is 6.64. The summed E-state index contributed by atoms with van der Waals surface area (Å²) in [5, 5.41) is 13.5. The van der Waals surface area contributed by atoms with Crippen molar-refractivity contribution in [2.24, 2.45) is 0 Å². The number of tetrazole rings is 1. The molecule has 0 radical (unpaired) electrons. The van der Waals surface area contributed by atoms with Gasteiger partial charge in [-0.05, 0) is 82.2 Å². The van der Waals surface area contributed by atoms with Gasteiger partial charge in [0.1, 0.15) is 11.6 Å². The van der Waals surface area contributed by atoms with E-state index in [1.807, 2.05) is 30.3 Å². The number of halogens is 1. The minimum atomic E-state index is -0.289. The first-order chi connectivity index (χ1) is 18.0. The molecule has 2 aromatic carbocycles. The molecule has 0 amide bonds. The van der Waals surface area contributed by atoms with E-state index in [1.54, 1.807) is 23.1 Å². The predicted octanol–water partition coefficient (Wildman–Crippen LogP) is 5.01. The third kappa shape index (κ3) is 5.51. The molecule has 5 aromatic rings. The maximum atomic E-state index is 13.4. The Morgan fingerprint density at radius 1 is 1.05 bits per heavy atom. The summed E-state index contributed by atoms with van der Waals surface area (Å²) in [7, 11) is 0. The summed E-state index contributed by atoms with van der Waals surface area (Å²) in [4.78, 5) is 18.3. The van der Waals surface area contributed by atoms with Crippen LogP contribution in [0.1, 0.15) is 54.6 Å². The molecule has 1 N–H and O–H groups in total. The van der Waals surface area contributed by atoms with Crippen LogP contribution in [0.3, 0.4) is 0 Å². The van der Waals surface area contributed by atoms with Crippen LogP contribution in [-0.4, -0.2) is 30.1 Å². The van der Waals surface area contributed by atoms with Gasteiger partial charge in [0.2, 0.25) is 0 Å². The van der Waals surface area contributed by atoms with E-state index in [9.17, 15) is 9.18 Å². The summed E-state index contributed by atoms with van der Waals surface area (Å²) in [6.45, 7) is 5.44. The first-order valence-electron chi connectivity index (χ1n) is 12.5. The van der Waals surface area contributed by atoms with Gasteiger partial charge in [-0.1, -0.05) is 32.0 Å². The lowest BCUT2D eigenvalue weighted by atomic mass is 10.1. The molecule has 0 saturated carbocycles. The molecule has 0 aliphatic carbocycles. The number of pyridine rings is 1. The Morgan fingerprint density at radius 2 is 1.86 bits per heavy atom. The Morgan fingerprint density at radius 3 is 2.59 bits per heavy atom. The van der Waals surface area contributed by atoms with Crippen molar-refractivity contribution in [3.8, 4) is 0 Å². The minimum Gasteiger partial charge on any atom is -0.468 e. The summed E-state index contributed by atoms with van der Waals surface area (Å²) < 4.78 is 20.8. The molecule has 0 unspecified atom stereocenters. The van der Waals surface area contributed by atoms with Crippen molar-refractivity contribution in [3.63, 3.8) is 0 Å². The fourth-order valence-electron chi connectivity index (χ4n) is 4.67. The lowest BCUT2D eigenvalue weighted by Gasteiger charge is -2.29. The van der Waals surface area contributed by atoms with Gasteiger partial charge in [0.15, 0.2) is 5.82 Å². The molecular weight excluding hydrogens is 471 g/mol. The number of aromatic nitrogens is 5. The van der Waals surface area contributed by atoms with Gasteiger partial charge in [-0.15, -0.1) is 5.10 Å². The Labute approximate surface area is 213 Å². The van der Waals surface area contributed by atoms with Crippen molar-refractivity contribution in [3.05, 3.63) is 111 Å². The quantitative estimate of drug-likeness (QED) is 0.290. The number of fused-ring (bicyclic) bond motifs is 1. The first kappa shape index (κ1) is 24.6. The van der Waals surface area contributed by atoms with Gasteiger partial charge in [-0.25, -0.2) is 9.07 Å². The van der Waals surface area contributed by atoms with Crippen molar-refractivity contribution >= 4 is 10.9 Å². The molecule has 0 bridgehead atoms. The molecule has 8 nitrogen and oxygen atoms in total. The second kappa shape index (κ2) is 10.9. The Hall–Kier alpha value is -4.11. The van der Waals surface area contributed by atoms with Crippen LogP contribution in [0.5, 0.6) is 0 Å². The zero-order chi connectivity index (χ0) is 25.8. The van der Waals surface area contributed by atoms with Crippen LogP contribution in [0.25, 0.3) is 10.9 Å². The summed E-state index contributed by atoms with van der Waals surface area (Å²) in [6.07, 6.45) is 3.27. The van der Waals surface area contributed by atoms with Gasteiger partial charge < -0.3 is 9.40 Å². The highest BCUT2D eigenvalue weighted by Crippen LogP contribution is 2.27. The molecule has 0 fully saturated rings. The van der Waals surface area contributed by atoms with Crippen molar-refractivity contribution in [1.82, 2.24) is 30.1 Å². The van der Waals surface area contributed by atoms with Gasteiger partial charge in [-0.3, -0.25) is 9.69 Å². The summed E-state index contributed by atoms with van der Waals surface area (Å²) in [6, 6.07) is 17.9. The SMILES string of the molecule is CCc1ccc2[nH]c(=O)c(CN(Cc3ccco3)[C@@H](CC)c3nnnn3Cc3ccc(F)cc3)cc2c1. The van der Waals surface area contributed by atoms with Gasteiger partial charge in [0, 0.05) is 17.6 Å². The topological polar surface area (TPSA) is 92.8 Å². The molecule has 190 valence electrons. The molecule has 3 heterocycles. The van der Waals surface area contributed by atoms with Crippen LogP contribution in [0.15, 0.2) is 76.1 Å². The monoisotopic (exact) mass is 500 g/mol. The molecule has 37 heavy (non-hydrogen) atoms. The van der Waals surface area contributed by atoms with Crippen LogP contribution in [0.2, 0.25) is 0 Å². The molecule has 9 heteroatoms. The number of benzene rings is 2. The standard InChI is InChI=1S/C28H29FN6O2/c1-3-19-9-12-25-21(14-19)15-22(28(36)30-25)17-34(18-24-6-5-13-37-24)26(4-2)27-31-32-33-35(27)16-20-7-10-23(29)11-8-20/h5-15,26H,3-4,16-18H2,1-2H3,(H,30,36)/t26-/m0/s1. The average Bonchev–Trinajstić information content (AvgIpc) is 3.58. The number of nitrogens with zero attached hydrogens (tertiary/aromatic N) is 5. The minimum absolute atomic E-state index is 0.123. The molecule has 1 atom stereocenters. The second-order valence-corrected chi connectivity index (χ2v) is 9.13. The summed E-state index contributed by atoms with van der Waals surface area (Å²) in [5.41, 5.74) is 3.45. The fourth-order valence-corrected chi connectivity index (χ4v) is 4.67. The molecule has 0 saturated heterocycles. The van der Waals surface area contributed by atoms with Crippen LogP contribution < -0.4 is 5.56 Å². The molecule has 0 aliphatic rings. The van der Waals surface area contributed by atoms with E-state index < -0.39 is 0 Å². The highest BCUT2D eigenvalue weighted by Gasteiger charge is 2.27. The Kier molecular flexibility index (Phi) is 7.23. The molecule has 0 spiro atoms. The lowest BCUT2D eigenvalue weighted by Crippen LogP contribution is -2.32. The maximum Gasteiger partial charge on any atom is 0.252 e. The largest absolute Gasteiger partial charge is 0.468 e. The number of hydrogen-bond acceptors (Lipinski definition) is 6. The van der Waals surface area contributed by atoms with Crippen molar-refractivity contribution in [2.45, 2.75) is 52.4 Å². The van der Waals surface area contributed by atoms with E-state index in [2.05, 4.69) is 45.3 Å². The van der Waals surface area contributed by atoms with Gasteiger partial charge in [-0.2, -0.15) is 0 Å². The molecule has 3 aromatic heterocycles. The van der Waals surface area contributed by atoms with Crippen molar-refractivity contribution in [1.29, 1.82) is 0 Å². The fraction of sp³-hybridized carbons (Fsp3) is 0.286. The maximum absolute atomic E-state index is 13.4. The van der Waals surface area contributed by atoms with Gasteiger partial charge in [0.05, 0.1) is 25.4 Å². The van der Waals surface area contributed by atoms with E-state index in [1.165, 1.54) is 17.7 Å². The average molecular weight is 501 g/mol. The predicted molar refractivity (Wildman–Crippen MR) is 138 cm³/mol. The van der Waals surface area contributed by atoms with Crippen LogP contribution in [0.4, 0.5) is 4.39 Å². The molecule has 0 aliphatic heterocycles. The zero-order valence-corrected chi connectivity index (χ0v) is 20.9. The van der Waals surface area contributed by atoms with Gasteiger partial charge >= 0.3 is 0 Å². The number of furan rings is 1. The number of rotatable bonds is 10. The van der Waals surface area contributed by atoms with Crippen LogP contribution >= 0.6 is 0 Å². The molecule has 5 rings (SSSR count). The van der Waals surface area contributed by atoms with Crippen molar-refractivity contribution < 1.29 is 8.81 Å². The number of H-pyrrole nitrogens is 1. The van der Waals surface area contributed by atoms with Crippen LogP contribution in [-0.2, 0) is 26.1 Å². The highest BCUT2D eigenvalue weighted by molar-refractivity contribution is 5.79. The summed E-state index contributed by atoms with van der Waals surface area (Å²) >= 11 is 0. The Balaban J connectivity index is 1.50. The zero-order valence-electron chi connectivity index (χ0n) is 20.9. The summed E-state index contributed by atoms with van der Waals surface area (Å²) in [5.74, 6) is 1.16. The number of hydrogen-bond donors (Lipinski definition) is 1. The third-order valence-electron chi connectivity index (χ3n) is 6.64. The van der Waals surface area contributed by atoms with E-state index in [0.717, 1.165) is 28.6 Å². The normalized spacial score (nSPS) is 12.4. The van der Waals surface area contributed by atoms with Crippen LogP contribution in [0, 0.1) is 5.82 Å². The smallest absolute Gasteiger partial charge is 0.252 e.